The molecule has 3 rings (SSSR count). The van der Waals surface area contributed by atoms with Gasteiger partial charge >= 0.3 is 18.0 Å². The average molecular weight is 318 g/mol. The fourth-order valence-corrected chi connectivity index (χ4v) is 2.51. The highest BCUT2D eigenvalue weighted by Crippen LogP contribution is 2.34. The number of nitrogens with zero attached hydrogens (tertiary/aromatic N) is 2. The molecule has 0 aliphatic carbocycles. The molecule has 0 radical (unpaired) electrons. The molecule has 9 heteroatoms. The van der Waals surface area contributed by atoms with E-state index in [-0.39, 0.29) is 5.69 Å². The molecule has 118 valence electrons. The first-order valence-electron chi connectivity index (χ1n) is 6.59. The third kappa shape index (κ3) is 2.37. The van der Waals surface area contributed by atoms with Gasteiger partial charge in [0.25, 0.3) is 0 Å². The Labute approximate surface area is 129 Å². The van der Waals surface area contributed by atoms with Gasteiger partial charge in [0.05, 0.1) is 17.6 Å². The van der Waals surface area contributed by atoms with Crippen LogP contribution in [-0.4, -0.2) is 38.1 Å². The standard InChI is InChI=1S/C14H11N3O6/c15-8-2-4-10-7(5-8)1-3-11(16-10)9-6-12(18)17(22,13(9)19)23-14(20)21/h1-5,9,22H,6,15H2/p+1. The number of anilines is 1. The van der Waals surface area contributed by atoms with Crippen molar-refractivity contribution in [2.45, 2.75) is 12.3 Å². The first kappa shape index (κ1) is 14.9. The fraction of sp³-hybridized carbons (Fsp3) is 0.143. The predicted molar refractivity (Wildman–Crippen MR) is 74.7 cm³/mol. The summed E-state index contributed by atoms with van der Waals surface area (Å²) in [5.41, 5.74) is 7.02. The Bertz CT molecular complexity index is 852. The van der Waals surface area contributed by atoms with Crippen LogP contribution in [0.15, 0.2) is 30.3 Å². The molecule has 9 nitrogen and oxygen atoms in total. The number of hydroxylamine groups is 4. The van der Waals surface area contributed by atoms with E-state index in [1.165, 1.54) is 6.07 Å². The topological polar surface area (TPSA) is 140 Å². The zero-order valence-corrected chi connectivity index (χ0v) is 11.7. The maximum Gasteiger partial charge on any atom is 0.561 e. The van der Waals surface area contributed by atoms with Crippen molar-refractivity contribution in [3.8, 4) is 0 Å². The second-order valence-corrected chi connectivity index (χ2v) is 5.11. The van der Waals surface area contributed by atoms with Gasteiger partial charge in [-0.3, -0.25) is 4.98 Å². The highest BCUT2D eigenvalue weighted by Gasteiger charge is 2.62. The van der Waals surface area contributed by atoms with E-state index in [0.29, 0.717) is 11.2 Å². The van der Waals surface area contributed by atoms with Crippen LogP contribution in [0.2, 0.25) is 0 Å². The molecule has 2 atom stereocenters. The zero-order chi connectivity index (χ0) is 16.8. The number of fused-ring (bicyclic) bond motifs is 1. The second kappa shape index (κ2) is 5.00. The number of hydrogen-bond donors (Lipinski definition) is 3. The number of amides is 2. The minimum Gasteiger partial charge on any atom is -0.446 e. The Hall–Kier alpha value is -3.04. The molecular formula is C14H12N3O6+. The molecule has 2 amide bonds. The monoisotopic (exact) mass is 318 g/mol. The van der Waals surface area contributed by atoms with Gasteiger partial charge in [-0.05, 0) is 24.3 Å². The number of hydrogen-bond acceptors (Lipinski definition) is 7. The molecule has 1 aliphatic rings. The number of quaternary nitrogens is 1. The Morgan fingerprint density at radius 1 is 1.30 bits per heavy atom. The van der Waals surface area contributed by atoms with Crippen LogP contribution in [0, 0.1) is 0 Å². The molecule has 1 aromatic carbocycles. The summed E-state index contributed by atoms with van der Waals surface area (Å²) in [6, 6.07) is 8.20. The molecule has 1 aliphatic heterocycles. The van der Waals surface area contributed by atoms with E-state index in [2.05, 4.69) is 9.82 Å². The van der Waals surface area contributed by atoms with Gasteiger partial charge in [-0.15, -0.1) is 0 Å². The lowest BCUT2D eigenvalue weighted by molar-refractivity contribution is -1.12. The van der Waals surface area contributed by atoms with E-state index in [0.717, 1.165) is 5.39 Å². The number of carbonyl (C=O) groups is 3. The van der Waals surface area contributed by atoms with Crippen molar-refractivity contribution in [1.29, 1.82) is 0 Å². The van der Waals surface area contributed by atoms with Crippen molar-refractivity contribution >= 4 is 34.6 Å². The van der Waals surface area contributed by atoms with Crippen LogP contribution >= 0.6 is 0 Å². The van der Waals surface area contributed by atoms with Crippen LogP contribution < -0.4 is 5.73 Å². The molecule has 2 unspecified atom stereocenters. The first-order valence-corrected chi connectivity index (χ1v) is 6.59. The van der Waals surface area contributed by atoms with E-state index in [1.807, 2.05) is 0 Å². The molecule has 0 bridgehead atoms. The van der Waals surface area contributed by atoms with Gasteiger partial charge in [0.2, 0.25) is 0 Å². The van der Waals surface area contributed by atoms with Crippen LogP contribution in [0.25, 0.3) is 10.9 Å². The summed E-state index contributed by atoms with van der Waals surface area (Å²) >= 11 is 0. The summed E-state index contributed by atoms with van der Waals surface area (Å²) < 4.78 is 0. The summed E-state index contributed by atoms with van der Waals surface area (Å²) in [4.78, 5) is 40.7. The van der Waals surface area contributed by atoms with Crippen LogP contribution in [0.4, 0.5) is 10.5 Å². The SMILES string of the molecule is Nc1ccc2nc(C3CC(=O)[N+](O)(OC(=O)O)C3=O)ccc2c1. The molecule has 1 fully saturated rings. The van der Waals surface area contributed by atoms with Crippen molar-refractivity contribution < 1.29 is 34.3 Å². The molecule has 2 aromatic rings. The number of nitrogens with two attached hydrogens (primary N) is 1. The number of carbonyl (C=O) groups excluding carboxylic acids is 2. The number of benzene rings is 1. The van der Waals surface area contributed by atoms with Gasteiger partial charge in [-0.25, -0.2) is 9.59 Å². The van der Waals surface area contributed by atoms with Crippen LogP contribution in [-0.2, 0) is 14.4 Å². The number of imide groups is 1. The molecule has 0 spiro atoms. The minimum atomic E-state index is -2.22. The van der Waals surface area contributed by atoms with E-state index in [1.54, 1.807) is 24.3 Å². The Kier molecular flexibility index (Phi) is 3.24. The van der Waals surface area contributed by atoms with Crippen molar-refractivity contribution in [3.63, 3.8) is 0 Å². The number of rotatable bonds is 2. The average Bonchev–Trinajstić information content (AvgIpc) is 2.70. The number of carboxylic acid groups (broad SMARTS) is 1. The van der Waals surface area contributed by atoms with Gasteiger partial charge < -0.3 is 10.8 Å². The predicted octanol–water partition coefficient (Wildman–Crippen LogP) is 1.17. The Morgan fingerprint density at radius 3 is 2.74 bits per heavy atom. The van der Waals surface area contributed by atoms with E-state index < -0.39 is 35.1 Å². The summed E-state index contributed by atoms with van der Waals surface area (Å²) in [5, 5.41) is 19.2. The van der Waals surface area contributed by atoms with Gasteiger partial charge in [0, 0.05) is 11.1 Å². The lowest BCUT2D eigenvalue weighted by atomic mass is 10.0. The smallest absolute Gasteiger partial charge is 0.446 e. The highest BCUT2D eigenvalue weighted by molar-refractivity contribution is 5.96. The number of nitrogen functional groups attached to an aromatic ring is 1. The van der Waals surface area contributed by atoms with Crippen LogP contribution in [0.3, 0.4) is 0 Å². The van der Waals surface area contributed by atoms with Gasteiger partial charge in [0.15, 0.2) is 0 Å². The molecule has 2 heterocycles. The molecular weight excluding hydrogens is 306 g/mol. The Morgan fingerprint density at radius 2 is 2.04 bits per heavy atom. The van der Waals surface area contributed by atoms with Gasteiger partial charge in [0.1, 0.15) is 10.7 Å². The van der Waals surface area contributed by atoms with Crippen molar-refractivity contribution in [2.75, 3.05) is 5.73 Å². The van der Waals surface area contributed by atoms with Crippen molar-refractivity contribution in [3.05, 3.63) is 36.0 Å². The molecule has 1 saturated heterocycles. The highest BCUT2D eigenvalue weighted by atomic mass is 17.0. The summed E-state index contributed by atoms with van der Waals surface area (Å²) in [7, 11) is 0. The maximum atomic E-state index is 12.2. The van der Waals surface area contributed by atoms with E-state index >= 15 is 0 Å². The quantitative estimate of drug-likeness (QED) is 0.324. The lowest BCUT2D eigenvalue weighted by Crippen LogP contribution is -2.51. The minimum absolute atomic E-state index is 0.240. The summed E-state index contributed by atoms with van der Waals surface area (Å²) in [6.45, 7) is 0. The molecule has 23 heavy (non-hydrogen) atoms. The van der Waals surface area contributed by atoms with E-state index in [4.69, 9.17) is 10.8 Å². The fourth-order valence-electron chi connectivity index (χ4n) is 2.51. The Balaban J connectivity index is 1.99. The van der Waals surface area contributed by atoms with E-state index in [9.17, 15) is 19.6 Å². The second-order valence-electron chi connectivity index (χ2n) is 5.11. The summed E-state index contributed by atoms with van der Waals surface area (Å²) in [6.07, 6.45) is -2.34. The lowest BCUT2D eigenvalue weighted by Gasteiger charge is -2.14. The van der Waals surface area contributed by atoms with Crippen molar-refractivity contribution in [1.82, 2.24) is 4.98 Å². The number of pyridine rings is 1. The number of aromatic nitrogens is 1. The molecule has 1 aromatic heterocycles. The molecule has 4 N–H and O–H groups in total. The summed E-state index contributed by atoms with van der Waals surface area (Å²) in [5.74, 6) is -3.25. The van der Waals surface area contributed by atoms with Crippen molar-refractivity contribution in [2.24, 2.45) is 0 Å². The van der Waals surface area contributed by atoms with Gasteiger partial charge in [-0.1, -0.05) is 6.07 Å². The third-order valence-electron chi connectivity index (χ3n) is 3.62. The zero-order valence-electron chi connectivity index (χ0n) is 11.7. The largest absolute Gasteiger partial charge is 0.561 e. The van der Waals surface area contributed by atoms with Crippen LogP contribution in [0.1, 0.15) is 18.0 Å². The van der Waals surface area contributed by atoms with Gasteiger partial charge in [-0.2, -0.15) is 14.8 Å². The maximum absolute atomic E-state index is 12.2. The normalized spacial score (nSPS) is 24.1. The first-order chi connectivity index (χ1) is 10.8. The third-order valence-corrected chi connectivity index (χ3v) is 3.62. The molecule has 0 saturated carbocycles. The van der Waals surface area contributed by atoms with Crippen LogP contribution in [0.5, 0.6) is 0 Å².